The van der Waals surface area contributed by atoms with Crippen molar-refractivity contribution in [3.63, 3.8) is 0 Å². The fourth-order valence-electron chi connectivity index (χ4n) is 1.21. The highest BCUT2D eigenvalue weighted by Crippen LogP contribution is 2.10. The van der Waals surface area contributed by atoms with Crippen LogP contribution in [-0.2, 0) is 11.2 Å². The van der Waals surface area contributed by atoms with Gasteiger partial charge in [-0.1, -0.05) is 25.5 Å². The Kier molecular flexibility index (Phi) is 3.98. The number of nitrogens with one attached hydrogen (secondary N) is 1. The molecule has 0 radical (unpaired) electrons. The number of aryl methyl sites for hydroxylation is 1. The molecule has 0 bridgehead atoms. The van der Waals surface area contributed by atoms with Gasteiger partial charge in [0.2, 0.25) is 0 Å². The first-order valence-corrected chi connectivity index (χ1v) is 4.70. The van der Waals surface area contributed by atoms with Crippen LogP contribution in [0.25, 0.3) is 0 Å². The lowest BCUT2D eigenvalue weighted by molar-refractivity contribution is 0.187. The molecule has 14 heavy (non-hydrogen) atoms. The van der Waals surface area contributed by atoms with Gasteiger partial charge in [-0.2, -0.15) is 0 Å². The van der Waals surface area contributed by atoms with E-state index < -0.39 is 6.09 Å². The van der Waals surface area contributed by atoms with Gasteiger partial charge >= 0.3 is 6.09 Å². The number of amides is 1. The fourth-order valence-corrected chi connectivity index (χ4v) is 1.21. The minimum atomic E-state index is -0.437. The summed E-state index contributed by atoms with van der Waals surface area (Å²) < 4.78 is 4.48. The maximum Gasteiger partial charge on any atom is 0.411 e. The van der Waals surface area contributed by atoms with Gasteiger partial charge in [-0.05, 0) is 24.1 Å². The molecule has 0 fully saturated rings. The number of ether oxygens (including phenoxy) is 1. The molecule has 0 saturated carbocycles. The third-order valence-corrected chi connectivity index (χ3v) is 1.92. The van der Waals surface area contributed by atoms with Gasteiger partial charge in [0.1, 0.15) is 0 Å². The van der Waals surface area contributed by atoms with Crippen molar-refractivity contribution in [2.45, 2.75) is 19.8 Å². The predicted molar refractivity (Wildman–Crippen MR) is 58.6 cm³/mol. The molecule has 0 aliphatic carbocycles. The minimum Gasteiger partial charge on any atom is -0.453 e. The van der Waals surface area contributed by atoms with E-state index in [0.29, 0.717) is 0 Å². The van der Waals surface area contributed by atoms with Crippen molar-refractivity contribution in [1.82, 2.24) is 0 Å². The molecule has 0 aliphatic rings. The Morgan fingerprint density at radius 1 is 1.43 bits per heavy atom. The van der Waals surface area contributed by atoms with Crippen molar-refractivity contribution in [3.8, 4) is 0 Å². The van der Waals surface area contributed by atoms with Gasteiger partial charge < -0.3 is 4.74 Å². The van der Waals surface area contributed by atoms with Crippen LogP contribution in [-0.4, -0.2) is 13.2 Å². The van der Waals surface area contributed by atoms with E-state index in [1.54, 1.807) is 0 Å². The van der Waals surface area contributed by atoms with Gasteiger partial charge in [0.05, 0.1) is 7.11 Å². The van der Waals surface area contributed by atoms with Gasteiger partial charge in [0.15, 0.2) is 0 Å². The van der Waals surface area contributed by atoms with E-state index in [4.69, 9.17) is 0 Å². The highest BCUT2D eigenvalue weighted by molar-refractivity contribution is 5.84. The first-order valence-electron chi connectivity index (χ1n) is 4.70. The molecule has 1 amide bonds. The van der Waals surface area contributed by atoms with E-state index in [9.17, 15) is 4.79 Å². The van der Waals surface area contributed by atoms with E-state index in [1.165, 1.54) is 12.7 Å². The normalized spacial score (nSPS) is 9.57. The summed E-state index contributed by atoms with van der Waals surface area (Å²) in [7, 11) is 1.35. The van der Waals surface area contributed by atoms with Crippen LogP contribution < -0.4 is 5.32 Å². The lowest BCUT2D eigenvalue weighted by Crippen LogP contribution is -2.10. The van der Waals surface area contributed by atoms with Crippen LogP contribution in [0.15, 0.2) is 24.3 Å². The number of hydrogen-bond acceptors (Lipinski definition) is 2. The second-order valence-corrected chi connectivity index (χ2v) is 3.06. The highest BCUT2D eigenvalue weighted by atomic mass is 16.5. The van der Waals surface area contributed by atoms with Gasteiger partial charge in [0, 0.05) is 7.11 Å². The zero-order valence-electron chi connectivity index (χ0n) is 8.54. The highest BCUT2D eigenvalue weighted by Gasteiger charge is 1.99. The minimum absolute atomic E-state index is 0. The number of hydrogen-bond donors (Lipinski definition) is 1. The number of methoxy groups -OCH3 is 1. The second-order valence-electron chi connectivity index (χ2n) is 3.06. The zero-order chi connectivity index (χ0) is 10.4. The molecule has 0 unspecified atom stereocenters. The molecule has 3 heteroatoms. The van der Waals surface area contributed by atoms with Crippen molar-refractivity contribution in [3.05, 3.63) is 29.8 Å². The SMILES string of the molecule is CCCc1ccc(NC(=O)OC)cc1.[HH]. The summed E-state index contributed by atoms with van der Waals surface area (Å²) in [6.45, 7) is 2.14. The molecule has 1 aromatic carbocycles. The molecule has 0 spiro atoms. The van der Waals surface area contributed by atoms with Crippen LogP contribution >= 0.6 is 0 Å². The van der Waals surface area contributed by atoms with Crippen molar-refractivity contribution >= 4 is 11.8 Å². The summed E-state index contributed by atoms with van der Waals surface area (Å²) in [5, 5.41) is 2.60. The Morgan fingerprint density at radius 3 is 2.57 bits per heavy atom. The van der Waals surface area contributed by atoms with Crippen molar-refractivity contribution in [2.75, 3.05) is 12.4 Å². The van der Waals surface area contributed by atoms with Crippen molar-refractivity contribution in [2.24, 2.45) is 0 Å². The van der Waals surface area contributed by atoms with Crippen LogP contribution in [0.2, 0.25) is 0 Å². The quantitative estimate of drug-likeness (QED) is 0.805. The molecule has 0 heterocycles. The molecular formula is C11H17NO2. The molecule has 3 nitrogen and oxygen atoms in total. The Morgan fingerprint density at radius 2 is 2.07 bits per heavy atom. The van der Waals surface area contributed by atoms with Crippen LogP contribution in [0.1, 0.15) is 20.3 Å². The number of anilines is 1. The van der Waals surface area contributed by atoms with E-state index in [1.807, 2.05) is 24.3 Å². The largest absolute Gasteiger partial charge is 0.453 e. The molecule has 1 rings (SSSR count). The van der Waals surface area contributed by atoms with Crippen LogP contribution in [0.3, 0.4) is 0 Å². The van der Waals surface area contributed by atoms with Crippen LogP contribution in [0.4, 0.5) is 10.5 Å². The lowest BCUT2D eigenvalue weighted by Gasteiger charge is -2.04. The lowest BCUT2D eigenvalue weighted by atomic mass is 10.1. The third kappa shape index (κ3) is 3.09. The van der Waals surface area contributed by atoms with Gasteiger partial charge in [-0.25, -0.2) is 4.79 Å². The summed E-state index contributed by atoms with van der Waals surface area (Å²) in [5.74, 6) is 0. The monoisotopic (exact) mass is 195 g/mol. The molecule has 0 atom stereocenters. The molecule has 78 valence electrons. The summed E-state index contributed by atoms with van der Waals surface area (Å²) >= 11 is 0. The van der Waals surface area contributed by atoms with Crippen LogP contribution in [0.5, 0.6) is 0 Å². The summed E-state index contributed by atoms with van der Waals surface area (Å²) in [6.07, 6.45) is 1.76. The number of carbonyl (C=O) groups excluding carboxylic acids is 1. The number of carbonyl (C=O) groups is 1. The average Bonchev–Trinajstić information content (AvgIpc) is 2.21. The topological polar surface area (TPSA) is 38.3 Å². The van der Waals surface area contributed by atoms with Gasteiger partial charge in [-0.15, -0.1) is 0 Å². The Bertz CT molecular complexity index is 298. The van der Waals surface area contributed by atoms with E-state index in [0.717, 1.165) is 18.5 Å². The predicted octanol–water partition coefficient (Wildman–Crippen LogP) is 3.06. The summed E-state index contributed by atoms with van der Waals surface area (Å²) in [6, 6.07) is 7.77. The van der Waals surface area contributed by atoms with E-state index in [2.05, 4.69) is 17.0 Å². The van der Waals surface area contributed by atoms with Gasteiger partial charge in [0.25, 0.3) is 0 Å². The third-order valence-electron chi connectivity index (χ3n) is 1.92. The maximum atomic E-state index is 10.9. The zero-order valence-corrected chi connectivity index (χ0v) is 8.54. The first-order chi connectivity index (χ1) is 6.76. The summed E-state index contributed by atoms with van der Waals surface area (Å²) in [5.41, 5.74) is 2.04. The Hall–Kier alpha value is -1.51. The molecule has 0 aliphatic heterocycles. The van der Waals surface area contributed by atoms with E-state index in [-0.39, 0.29) is 1.43 Å². The first kappa shape index (κ1) is 10.6. The number of benzene rings is 1. The Balaban J connectivity index is 0.00000196. The fraction of sp³-hybridized carbons (Fsp3) is 0.364. The maximum absolute atomic E-state index is 10.9. The average molecular weight is 195 g/mol. The molecule has 1 N–H and O–H groups in total. The van der Waals surface area contributed by atoms with Gasteiger partial charge in [-0.3, -0.25) is 5.32 Å². The summed E-state index contributed by atoms with van der Waals surface area (Å²) in [4.78, 5) is 10.9. The molecule has 0 saturated heterocycles. The van der Waals surface area contributed by atoms with Crippen molar-refractivity contribution in [1.29, 1.82) is 0 Å². The smallest absolute Gasteiger partial charge is 0.411 e. The van der Waals surface area contributed by atoms with E-state index >= 15 is 0 Å². The second kappa shape index (κ2) is 5.27. The molecular weight excluding hydrogens is 178 g/mol. The Labute approximate surface area is 85.6 Å². The van der Waals surface area contributed by atoms with Crippen LogP contribution in [0, 0.1) is 0 Å². The molecule has 1 aromatic rings. The number of rotatable bonds is 3. The standard InChI is InChI=1S/C11H15NO2.H2/c1-3-4-9-5-7-10(8-6-9)12-11(13)14-2;/h5-8H,3-4H2,1-2H3,(H,12,13);1H. The molecule has 0 aromatic heterocycles. The van der Waals surface area contributed by atoms with Crippen molar-refractivity contribution < 1.29 is 11.0 Å².